The van der Waals surface area contributed by atoms with Crippen LogP contribution >= 0.6 is 0 Å². The Morgan fingerprint density at radius 2 is 1.69 bits per heavy atom. The number of carbonyl (C=O) groups is 2. The van der Waals surface area contributed by atoms with Gasteiger partial charge in [-0.1, -0.05) is 12.1 Å². The van der Waals surface area contributed by atoms with Gasteiger partial charge >= 0.3 is 0 Å². The number of carbonyl (C=O) groups excluding carboxylic acids is 2. The van der Waals surface area contributed by atoms with Crippen molar-refractivity contribution in [2.75, 3.05) is 32.2 Å². The summed E-state index contributed by atoms with van der Waals surface area (Å²) in [7, 11) is 3.16. The molecule has 1 atom stereocenters. The van der Waals surface area contributed by atoms with E-state index in [1.807, 2.05) is 24.3 Å². The Labute approximate surface area is 152 Å². The number of para-hydroxylation sites is 2. The Kier molecular flexibility index (Phi) is 5.11. The molecule has 2 amide bonds. The third kappa shape index (κ3) is 3.22. The maximum atomic E-state index is 12.9. The van der Waals surface area contributed by atoms with Gasteiger partial charge in [0.05, 0.1) is 19.9 Å². The second-order valence-electron chi connectivity index (χ2n) is 6.06. The summed E-state index contributed by atoms with van der Waals surface area (Å²) in [6.07, 6.45) is 0. The van der Waals surface area contributed by atoms with Crippen molar-refractivity contribution in [2.45, 2.75) is 13.0 Å². The van der Waals surface area contributed by atoms with Gasteiger partial charge in [-0.2, -0.15) is 0 Å². The molecule has 6 heteroatoms. The van der Waals surface area contributed by atoms with Crippen LogP contribution in [-0.2, 0) is 4.79 Å². The number of amides is 2. The molecule has 0 saturated carbocycles. The predicted octanol–water partition coefficient (Wildman–Crippen LogP) is 2.58. The van der Waals surface area contributed by atoms with Crippen molar-refractivity contribution in [2.24, 2.45) is 0 Å². The monoisotopic (exact) mass is 354 g/mol. The minimum absolute atomic E-state index is 0.123. The molecule has 136 valence electrons. The molecule has 0 aliphatic carbocycles. The van der Waals surface area contributed by atoms with Crippen LogP contribution in [0.2, 0.25) is 0 Å². The van der Waals surface area contributed by atoms with Crippen LogP contribution in [0.3, 0.4) is 0 Å². The van der Waals surface area contributed by atoms with Crippen molar-refractivity contribution >= 4 is 17.5 Å². The smallest absolute Gasteiger partial charge is 0.254 e. The number of methoxy groups -OCH3 is 2. The summed E-state index contributed by atoms with van der Waals surface area (Å²) in [5.41, 5.74) is 1.26. The van der Waals surface area contributed by atoms with E-state index in [1.54, 1.807) is 55.2 Å². The summed E-state index contributed by atoms with van der Waals surface area (Å²) in [4.78, 5) is 29.0. The Morgan fingerprint density at radius 3 is 2.35 bits per heavy atom. The van der Waals surface area contributed by atoms with Gasteiger partial charge in [0.25, 0.3) is 5.91 Å². The molecule has 6 nitrogen and oxygen atoms in total. The van der Waals surface area contributed by atoms with Crippen LogP contribution in [0, 0.1) is 0 Å². The third-order valence-corrected chi connectivity index (χ3v) is 4.63. The van der Waals surface area contributed by atoms with Crippen molar-refractivity contribution < 1.29 is 19.1 Å². The Hall–Kier alpha value is -3.02. The summed E-state index contributed by atoms with van der Waals surface area (Å²) < 4.78 is 10.5. The van der Waals surface area contributed by atoms with E-state index < -0.39 is 6.04 Å². The van der Waals surface area contributed by atoms with Gasteiger partial charge in [0.15, 0.2) is 0 Å². The lowest BCUT2D eigenvalue weighted by Gasteiger charge is -2.39. The fraction of sp³-hybridized carbons (Fsp3) is 0.300. The molecule has 2 aromatic rings. The number of piperazine rings is 1. The number of nitrogens with zero attached hydrogens (tertiary/aromatic N) is 2. The van der Waals surface area contributed by atoms with Gasteiger partial charge in [-0.3, -0.25) is 9.59 Å². The highest BCUT2D eigenvalue weighted by Crippen LogP contribution is 2.30. The fourth-order valence-corrected chi connectivity index (χ4v) is 3.14. The van der Waals surface area contributed by atoms with Crippen molar-refractivity contribution in [3.8, 4) is 11.5 Å². The van der Waals surface area contributed by atoms with Crippen LogP contribution in [0.1, 0.15) is 17.3 Å². The highest BCUT2D eigenvalue weighted by Gasteiger charge is 2.36. The van der Waals surface area contributed by atoms with E-state index in [0.717, 1.165) is 5.69 Å². The standard InChI is InChI=1S/C20H22N2O4/c1-14-19(23)22(17-6-4-5-7-18(17)26-3)13-12-21(14)20(24)15-8-10-16(25-2)11-9-15/h4-11,14H,12-13H2,1-3H3/t14-/m0/s1. The molecule has 3 rings (SSSR count). The minimum atomic E-state index is -0.553. The number of anilines is 1. The van der Waals surface area contributed by atoms with Gasteiger partial charge in [-0.25, -0.2) is 0 Å². The van der Waals surface area contributed by atoms with E-state index in [0.29, 0.717) is 30.2 Å². The highest BCUT2D eigenvalue weighted by atomic mass is 16.5. The van der Waals surface area contributed by atoms with E-state index in [2.05, 4.69) is 0 Å². The topological polar surface area (TPSA) is 59.1 Å². The molecule has 0 N–H and O–H groups in total. The first-order chi connectivity index (χ1) is 12.6. The van der Waals surface area contributed by atoms with Crippen LogP contribution in [-0.4, -0.2) is 50.1 Å². The second-order valence-corrected chi connectivity index (χ2v) is 6.06. The minimum Gasteiger partial charge on any atom is -0.497 e. The van der Waals surface area contributed by atoms with Gasteiger partial charge in [0.2, 0.25) is 5.91 Å². The second kappa shape index (κ2) is 7.47. The van der Waals surface area contributed by atoms with Crippen molar-refractivity contribution in [1.82, 2.24) is 4.90 Å². The SMILES string of the molecule is COc1ccc(C(=O)N2CCN(c3ccccc3OC)C(=O)[C@@H]2C)cc1. The van der Waals surface area contributed by atoms with Gasteiger partial charge in [-0.05, 0) is 43.3 Å². The van der Waals surface area contributed by atoms with Gasteiger partial charge in [0, 0.05) is 18.7 Å². The van der Waals surface area contributed by atoms with Crippen LogP contribution in [0.15, 0.2) is 48.5 Å². The predicted molar refractivity (Wildman–Crippen MR) is 98.8 cm³/mol. The number of ether oxygens (including phenoxy) is 2. The maximum Gasteiger partial charge on any atom is 0.254 e. The van der Waals surface area contributed by atoms with Crippen LogP contribution in [0.4, 0.5) is 5.69 Å². The molecule has 1 aliphatic rings. The lowest BCUT2D eigenvalue weighted by atomic mass is 10.1. The molecule has 0 spiro atoms. The van der Waals surface area contributed by atoms with Gasteiger partial charge < -0.3 is 19.3 Å². The molecule has 0 unspecified atom stereocenters. The summed E-state index contributed by atoms with van der Waals surface area (Å²) in [5.74, 6) is 1.05. The summed E-state index contributed by atoms with van der Waals surface area (Å²) in [6.45, 7) is 2.63. The highest BCUT2D eigenvalue weighted by molar-refractivity contribution is 6.04. The average Bonchev–Trinajstić information content (AvgIpc) is 2.69. The van der Waals surface area contributed by atoms with E-state index in [1.165, 1.54) is 0 Å². The normalized spacial score (nSPS) is 17.2. The van der Waals surface area contributed by atoms with Crippen LogP contribution < -0.4 is 14.4 Å². The zero-order chi connectivity index (χ0) is 18.7. The lowest BCUT2D eigenvalue weighted by molar-refractivity contribution is -0.124. The molecule has 1 fully saturated rings. The van der Waals surface area contributed by atoms with Crippen molar-refractivity contribution in [3.05, 3.63) is 54.1 Å². The zero-order valence-corrected chi connectivity index (χ0v) is 15.1. The first kappa shape index (κ1) is 17.8. The fourth-order valence-electron chi connectivity index (χ4n) is 3.14. The number of benzene rings is 2. The lowest BCUT2D eigenvalue weighted by Crippen LogP contribution is -2.57. The molecule has 0 radical (unpaired) electrons. The van der Waals surface area contributed by atoms with E-state index in [4.69, 9.17) is 9.47 Å². The van der Waals surface area contributed by atoms with Crippen molar-refractivity contribution in [3.63, 3.8) is 0 Å². The third-order valence-electron chi connectivity index (χ3n) is 4.63. The molecule has 1 saturated heterocycles. The number of rotatable bonds is 4. The molecule has 2 aromatic carbocycles. The van der Waals surface area contributed by atoms with Gasteiger partial charge in [-0.15, -0.1) is 0 Å². The van der Waals surface area contributed by atoms with E-state index in [-0.39, 0.29) is 11.8 Å². The van der Waals surface area contributed by atoms with E-state index >= 15 is 0 Å². The molecular weight excluding hydrogens is 332 g/mol. The first-order valence-corrected chi connectivity index (χ1v) is 8.46. The van der Waals surface area contributed by atoms with Crippen molar-refractivity contribution in [1.29, 1.82) is 0 Å². The molecule has 26 heavy (non-hydrogen) atoms. The Balaban J connectivity index is 1.80. The molecule has 0 aromatic heterocycles. The van der Waals surface area contributed by atoms with Crippen LogP contribution in [0.5, 0.6) is 11.5 Å². The average molecular weight is 354 g/mol. The Bertz CT molecular complexity index is 804. The summed E-state index contributed by atoms with van der Waals surface area (Å²) in [6, 6.07) is 13.8. The largest absolute Gasteiger partial charge is 0.497 e. The van der Waals surface area contributed by atoms with Gasteiger partial charge in [0.1, 0.15) is 17.5 Å². The molecule has 1 aliphatic heterocycles. The summed E-state index contributed by atoms with van der Waals surface area (Å²) >= 11 is 0. The molecule has 1 heterocycles. The summed E-state index contributed by atoms with van der Waals surface area (Å²) in [5, 5.41) is 0. The molecule has 0 bridgehead atoms. The number of hydrogen-bond donors (Lipinski definition) is 0. The van der Waals surface area contributed by atoms with E-state index in [9.17, 15) is 9.59 Å². The molecular formula is C20H22N2O4. The maximum absolute atomic E-state index is 12.9. The quantitative estimate of drug-likeness (QED) is 0.847. The van der Waals surface area contributed by atoms with Crippen LogP contribution in [0.25, 0.3) is 0 Å². The zero-order valence-electron chi connectivity index (χ0n) is 15.1. The number of hydrogen-bond acceptors (Lipinski definition) is 4. The Morgan fingerprint density at radius 1 is 1.00 bits per heavy atom. The first-order valence-electron chi connectivity index (χ1n) is 8.46.